The first-order chi connectivity index (χ1) is 14.9. The van der Waals surface area contributed by atoms with Crippen molar-refractivity contribution in [2.45, 2.75) is 19.5 Å². The topological polar surface area (TPSA) is 151 Å². The molecule has 0 radical (unpaired) electrons. The summed E-state index contributed by atoms with van der Waals surface area (Å²) in [6.07, 6.45) is 1.89. The van der Waals surface area contributed by atoms with Gasteiger partial charge in [-0.2, -0.15) is 0 Å². The largest absolute Gasteiger partial charge is 0.495 e. The maximum atomic E-state index is 12.2. The highest BCUT2D eigenvalue weighted by Gasteiger charge is 2.11. The van der Waals surface area contributed by atoms with Crippen molar-refractivity contribution in [1.82, 2.24) is 10.3 Å². The smallest absolute Gasteiger partial charge is 0.414 e. The average molecular weight is 447 g/mol. The predicted octanol–water partition coefficient (Wildman–Crippen LogP) is 2.37. The van der Waals surface area contributed by atoms with Crippen LogP contribution >= 0.6 is 11.3 Å². The summed E-state index contributed by atoms with van der Waals surface area (Å²) in [6.45, 7) is 1.28. The Morgan fingerprint density at radius 3 is 2.48 bits per heavy atom. The van der Waals surface area contributed by atoms with Crippen LogP contribution in [0.5, 0.6) is 5.75 Å². The first-order valence-electron chi connectivity index (χ1n) is 8.94. The molecule has 1 amide bonds. The van der Waals surface area contributed by atoms with Gasteiger partial charge < -0.3 is 30.0 Å². The standard InChI is InChI=1S/C18H19N3O3S.C2H2O4/c1-23-16-7-3-2-6-15(16)21-17(22)9-18-20-13(12-25-18)10-19-11-14-5-4-8-24-14;3-1(4)2(5)6/h2-8,12,19H,9-11H2,1H3,(H,21,22);(H,3,4)(H,5,6). The van der Waals surface area contributed by atoms with Crippen LogP contribution in [0.25, 0.3) is 0 Å². The van der Waals surface area contributed by atoms with E-state index in [-0.39, 0.29) is 12.3 Å². The zero-order valence-corrected chi connectivity index (χ0v) is 17.3. The number of thiazole rings is 1. The number of anilines is 1. The maximum absolute atomic E-state index is 12.2. The number of aromatic nitrogens is 1. The number of para-hydroxylation sites is 2. The minimum atomic E-state index is -1.82. The summed E-state index contributed by atoms with van der Waals surface area (Å²) in [7, 11) is 1.58. The second-order valence-electron chi connectivity index (χ2n) is 5.95. The third kappa shape index (κ3) is 8.28. The summed E-state index contributed by atoms with van der Waals surface area (Å²) in [5.41, 5.74) is 1.57. The highest BCUT2D eigenvalue weighted by Crippen LogP contribution is 2.23. The minimum Gasteiger partial charge on any atom is -0.495 e. The van der Waals surface area contributed by atoms with E-state index >= 15 is 0 Å². The number of carbonyl (C=O) groups excluding carboxylic acids is 1. The number of rotatable bonds is 8. The van der Waals surface area contributed by atoms with Crippen molar-refractivity contribution < 1.29 is 33.8 Å². The van der Waals surface area contributed by atoms with E-state index < -0.39 is 11.9 Å². The number of carbonyl (C=O) groups is 3. The fourth-order valence-corrected chi connectivity index (χ4v) is 3.11. The lowest BCUT2D eigenvalue weighted by Gasteiger charge is -2.08. The van der Waals surface area contributed by atoms with Crippen LogP contribution in [0.4, 0.5) is 5.69 Å². The molecule has 0 aliphatic heterocycles. The molecular formula is C20H21N3O7S. The van der Waals surface area contributed by atoms with Gasteiger partial charge in [-0.15, -0.1) is 11.3 Å². The number of aliphatic carboxylic acids is 2. The van der Waals surface area contributed by atoms with Crippen LogP contribution in [0.15, 0.2) is 52.5 Å². The molecule has 0 saturated heterocycles. The first kappa shape index (κ1) is 23.6. The van der Waals surface area contributed by atoms with Crippen molar-refractivity contribution in [1.29, 1.82) is 0 Å². The van der Waals surface area contributed by atoms with E-state index in [1.165, 1.54) is 11.3 Å². The molecule has 3 aromatic rings. The Bertz CT molecular complexity index is 990. The number of carboxylic acid groups (broad SMARTS) is 2. The molecule has 0 fully saturated rings. The molecule has 164 valence electrons. The SMILES string of the molecule is COc1ccccc1NC(=O)Cc1nc(CNCc2ccco2)cs1.O=C(O)C(=O)O. The van der Waals surface area contributed by atoms with E-state index in [0.29, 0.717) is 24.5 Å². The quantitative estimate of drug-likeness (QED) is 0.381. The minimum absolute atomic E-state index is 0.117. The Hall–Kier alpha value is -3.70. The Labute approximate surface area is 181 Å². The van der Waals surface area contributed by atoms with E-state index in [9.17, 15) is 4.79 Å². The van der Waals surface area contributed by atoms with Crippen LogP contribution in [0, 0.1) is 0 Å². The van der Waals surface area contributed by atoms with Crippen LogP contribution in [0.1, 0.15) is 16.5 Å². The van der Waals surface area contributed by atoms with Crippen molar-refractivity contribution in [3.8, 4) is 5.75 Å². The normalized spacial score (nSPS) is 9.97. The zero-order chi connectivity index (χ0) is 22.6. The van der Waals surface area contributed by atoms with Gasteiger partial charge in [0, 0.05) is 11.9 Å². The fraction of sp³-hybridized carbons (Fsp3) is 0.200. The van der Waals surface area contributed by atoms with E-state index in [1.807, 2.05) is 41.8 Å². The van der Waals surface area contributed by atoms with E-state index in [2.05, 4.69) is 15.6 Å². The van der Waals surface area contributed by atoms with E-state index in [1.54, 1.807) is 13.4 Å². The van der Waals surface area contributed by atoms with Crippen molar-refractivity contribution in [3.05, 3.63) is 64.5 Å². The number of carboxylic acids is 2. The lowest BCUT2D eigenvalue weighted by atomic mass is 10.3. The van der Waals surface area contributed by atoms with Crippen LogP contribution in [0.2, 0.25) is 0 Å². The number of methoxy groups -OCH3 is 1. The van der Waals surface area contributed by atoms with E-state index in [4.69, 9.17) is 29.0 Å². The summed E-state index contributed by atoms with van der Waals surface area (Å²) in [5, 5.41) is 23.6. The van der Waals surface area contributed by atoms with Gasteiger partial charge in [-0.1, -0.05) is 12.1 Å². The highest BCUT2D eigenvalue weighted by atomic mass is 32.1. The number of benzene rings is 1. The lowest BCUT2D eigenvalue weighted by Crippen LogP contribution is -2.15. The van der Waals surface area contributed by atoms with Gasteiger partial charge >= 0.3 is 11.9 Å². The van der Waals surface area contributed by atoms with Crippen molar-refractivity contribution in [3.63, 3.8) is 0 Å². The second kappa shape index (κ2) is 12.1. The number of ether oxygens (including phenoxy) is 1. The summed E-state index contributed by atoms with van der Waals surface area (Å²) < 4.78 is 10.5. The molecule has 0 unspecified atom stereocenters. The molecule has 2 heterocycles. The molecule has 0 saturated carbocycles. The Kier molecular flexibility index (Phi) is 9.20. The third-order valence-electron chi connectivity index (χ3n) is 3.66. The second-order valence-corrected chi connectivity index (χ2v) is 6.89. The predicted molar refractivity (Wildman–Crippen MR) is 112 cm³/mol. The molecule has 0 bridgehead atoms. The summed E-state index contributed by atoms with van der Waals surface area (Å²) in [4.78, 5) is 34.9. The molecule has 11 heteroatoms. The van der Waals surface area contributed by atoms with Gasteiger partial charge in [0.25, 0.3) is 0 Å². The number of amides is 1. The summed E-state index contributed by atoms with van der Waals surface area (Å²) in [5.74, 6) is -2.25. The highest BCUT2D eigenvalue weighted by molar-refractivity contribution is 7.09. The van der Waals surface area contributed by atoms with Crippen molar-refractivity contribution >= 4 is 34.9 Å². The van der Waals surface area contributed by atoms with Gasteiger partial charge in [-0.05, 0) is 24.3 Å². The lowest BCUT2D eigenvalue weighted by molar-refractivity contribution is -0.159. The van der Waals surface area contributed by atoms with Crippen LogP contribution in [0.3, 0.4) is 0 Å². The number of nitrogens with one attached hydrogen (secondary N) is 2. The summed E-state index contributed by atoms with van der Waals surface area (Å²) in [6, 6.07) is 11.1. The number of hydrogen-bond donors (Lipinski definition) is 4. The van der Waals surface area contributed by atoms with Gasteiger partial charge in [0.2, 0.25) is 5.91 Å². The number of nitrogens with zero attached hydrogens (tertiary/aromatic N) is 1. The van der Waals surface area contributed by atoms with Crippen molar-refractivity contribution in [2.24, 2.45) is 0 Å². The molecule has 4 N–H and O–H groups in total. The fourth-order valence-electron chi connectivity index (χ4n) is 2.32. The van der Waals surface area contributed by atoms with Gasteiger partial charge in [-0.25, -0.2) is 14.6 Å². The van der Waals surface area contributed by atoms with Crippen LogP contribution in [-0.4, -0.2) is 40.2 Å². The van der Waals surface area contributed by atoms with Gasteiger partial charge in [-0.3, -0.25) is 4.79 Å². The van der Waals surface area contributed by atoms with Gasteiger partial charge in [0.05, 0.1) is 37.7 Å². The Morgan fingerprint density at radius 1 is 1.10 bits per heavy atom. The molecule has 10 nitrogen and oxygen atoms in total. The third-order valence-corrected chi connectivity index (χ3v) is 4.56. The summed E-state index contributed by atoms with van der Waals surface area (Å²) >= 11 is 1.48. The molecule has 0 spiro atoms. The maximum Gasteiger partial charge on any atom is 0.414 e. The van der Waals surface area contributed by atoms with Gasteiger partial charge in [0.1, 0.15) is 16.5 Å². The van der Waals surface area contributed by atoms with Crippen LogP contribution < -0.4 is 15.4 Å². The van der Waals surface area contributed by atoms with Crippen molar-refractivity contribution in [2.75, 3.05) is 12.4 Å². The molecule has 3 rings (SSSR count). The average Bonchev–Trinajstić information content (AvgIpc) is 3.41. The zero-order valence-electron chi connectivity index (χ0n) is 16.5. The first-order valence-corrected chi connectivity index (χ1v) is 9.82. The number of hydrogen-bond acceptors (Lipinski definition) is 8. The monoisotopic (exact) mass is 447 g/mol. The van der Waals surface area contributed by atoms with Gasteiger partial charge in [0.15, 0.2) is 0 Å². The molecule has 1 aromatic carbocycles. The molecule has 0 aliphatic carbocycles. The molecular weight excluding hydrogens is 426 g/mol. The van der Waals surface area contributed by atoms with Crippen LogP contribution in [-0.2, 0) is 33.9 Å². The van der Waals surface area contributed by atoms with E-state index in [0.717, 1.165) is 16.5 Å². The molecule has 31 heavy (non-hydrogen) atoms. The number of furan rings is 1. The molecule has 0 aliphatic rings. The molecule has 0 atom stereocenters. The molecule has 2 aromatic heterocycles. The Balaban J connectivity index is 0.000000501. The Morgan fingerprint density at radius 2 is 1.84 bits per heavy atom.